The number of hydrogen-bond donors (Lipinski definition) is 0. The van der Waals surface area contributed by atoms with E-state index < -0.39 is 10.1 Å². The Labute approximate surface area is 164 Å². The predicted octanol–water partition coefficient (Wildman–Crippen LogP) is 2.75. The molecule has 2 heterocycles. The van der Waals surface area contributed by atoms with Gasteiger partial charge in [-0.25, -0.2) is 13.0 Å². The first-order valence-electron chi connectivity index (χ1n) is 8.23. The Morgan fingerprint density at radius 1 is 1.19 bits per heavy atom. The highest BCUT2D eigenvalue weighted by Crippen LogP contribution is 2.25. The molecule has 0 N–H and O–H groups in total. The minimum Gasteiger partial charge on any atom is -0.744 e. The van der Waals surface area contributed by atoms with Gasteiger partial charge in [0.1, 0.15) is 17.2 Å². The smallest absolute Gasteiger partial charge is 0.234 e. The fourth-order valence-corrected chi connectivity index (χ4v) is 4.87. The normalized spacial score (nSPS) is 19.4. The molecule has 0 spiro atoms. The van der Waals surface area contributed by atoms with Gasteiger partial charge in [0.25, 0.3) is 0 Å². The van der Waals surface area contributed by atoms with Crippen molar-refractivity contribution in [1.82, 2.24) is 4.90 Å². The average molecular weight is 413 g/mol. The van der Waals surface area contributed by atoms with Crippen LogP contribution >= 0.6 is 23.5 Å². The van der Waals surface area contributed by atoms with Gasteiger partial charge in [0.2, 0.25) is 5.04 Å². The van der Waals surface area contributed by atoms with E-state index in [1.165, 1.54) is 46.8 Å². The molecule has 0 aromatic heterocycles. The highest BCUT2D eigenvalue weighted by molar-refractivity contribution is 8.14. The molecule has 5 nitrogen and oxygen atoms in total. The lowest BCUT2D eigenvalue weighted by molar-refractivity contribution is -0.485. The van der Waals surface area contributed by atoms with Crippen molar-refractivity contribution in [2.75, 3.05) is 38.7 Å². The lowest BCUT2D eigenvalue weighted by Gasteiger charge is -2.09. The van der Waals surface area contributed by atoms with E-state index in [0.717, 1.165) is 5.56 Å². The Bertz CT molecular complexity index is 813. The van der Waals surface area contributed by atoms with Crippen LogP contribution in [-0.4, -0.2) is 66.2 Å². The third-order valence-corrected chi connectivity index (χ3v) is 7.00. The van der Waals surface area contributed by atoms with Gasteiger partial charge in [-0.3, -0.25) is 0 Å². The fraction of sp³-hybridized carbons (Fsp3) is 0.389. The van der Waals surface area contributed by atoms with Crippen molar-refractivity contribution in [3.8, 4) is 0 Å². The summed E-state index contributed by atoms with van der Waals surface area (Å²) in [4.78, 5) is 2.13. The molecule has 0 amide bonds. The number of aryl methyl sites for hydroxylation is 1. The molecule has 0 atom stereocenters. The molecular formula is C18H24N2O3S3. The average Bonchev–Trinajstić information content (AvgIpc) is 3.17. The molecule has 1 saturated heterocycles. The Hall–Kier alpha value is -1.22. The van der Waals surface area contributed by atoms with E-state index in [2.05, 4.69) is 41.8 Å². The van der Waals surface area contributed by atoms with Gasteiger partial charge in [-0.05, 0) is 25.1 Å². The summed E-state index contributed by atoms with van der Waals surface area (Å²) >= 11 is 3.88. The fourth-order valence-electron chi connectivity index (χ4n) is 2.28. The standard InChI is InChI=1S/C11H17N2S2.C7H8O3S/c1-12-6-8-14-10(12)4-3-5-11-13(2)7-9-15-11;1-6-2-4-7(5-3-6)11(8,9)10/h3-5H,6-9H2,1-2H3;2-5H,1H3,(H,8,9,10)/q+1;/p-1. The third-order valence-electron chi connectivity index (χ3n) is 3.89. The molecule has 1 aromatic carbocycles. The third kappa shape index (κ3) is 6.50. The van der Waals surface area contributed by atoms with E-state index in [1.807, 2.05) is 30.4 Å². The summed E-state index contributed by atoms with van der Waals surface area (Å²) < 4.78 is 33.5. The zero-order chi connectivity index (χ0) is 19.2. The summed E-state index contributed by atoms with van der Waals surface area (Å²) in [5.74, 6) is 2.45. The maximum atomic E-state index is 10.4. The molecular weight excluding hydrogens is 388 g/mol. The molecule has 3 rings (SSSR count). The zero-order valence-corrected chi connectivity index (χ0v) is 17.7. The molecule has 2 aliphatic rings. The van der Waals surface area contributed by atoms with Crippen LogP contribution in [0.3, 0.4) is 0 Å². The summed E-state index contributed by atoms with van der Waals surface area (Å²) in [5.41, 5.74) is 0.928. The molecule has 1 fully saturated rings. The first-order chi connectivity index (χ1) is 12.3. The first-order valence-corrected chi connectivity index (χ1v) is 11.6. The van der Waals surface area contributed by atoms with E-state index in [9.17, 15) is 13.0 Å². The Morgan fingerprint density at radius 2 is 1.88 bits per heavy atom. The van der Waals surface area contributed by atoms with Crippen LogP contribution in [0.4, 0.5) is 0 Å². The molecule has 142 valence electrons. The Balaban J connectivity index is 0.000000197. The summed E-state index contributed by atoms with van der Waals surface area (Å²) in [5, 5.41) is 2.77. The van der Waals surface area contributed by atoms with E-state index in [0.29, 0.717) is 0 Å². The van der Waals surface area contributed by atoms with Crippen LogP contribution in [0.2, 0.25) is 0 Å². The van der Waals surface area contributed by atoms with Crippen molar-refractivity contribution in [2.45, 2.75) is 11.8 Å². The molecule has 0 saturated carbocycles. The van der Waals surface area contributed by atoms with Crippen LogP contribution < -0.4 is 0 Å². The minimum absolute atomic E-state index is 0.178. The second-order valence-electron chi connectivity index (χ2n) is 6.01. The number of benzene rings is 1. The Morgan fingerprint density at radius 3 is 2.38 bits per heavy atom. The van der Waals surface area contributed by atoms with E-state index in [4.69, 9.17) is 0 Å². The number of allylic oxidation sites excluding steroid dienone is 2. The minimum atomic E-state index is -4.27. The van der Waals surface area contributed by atoms with Crippen LogP contribution in [0.25, 0.3) is 0 Å². The number of rotatable bonds is 3. The predicted molar refractivity (Wildman–Crippen MR) is 110 cm³/mol. The van der Waals surface area contributed by atoms with Gasteiger partial charge in [0, 0.05) is 25.4 Å². The molecule has 0 bridgehead atoms. The number of nitrogens with zero attached hydrogens (tertiary/aromatic N) is 2. The molecule has 0 radical (unpaired) electrons. The summed E-state index contributed by atoms with van der Waals surface area (Å²) in [6.45, 7) is 4.17. The Kier molecular flexibility index (Phi) is 7.82. The zero-order valence-electron chi connectivity index (χ0n) is 15.2. The molecule has 2 aliphatic heterocycles. The molecule has 1 aromatic rings. The van der Waals surface area contributed by atoms with Crippen molar-refractivity contribution >= 4 is 38.7 Å². The lowest BCUT2D eigenvalue weighted by atomic mass is 10.2. The topological polar surface area (TPSA) is 63.5 Å². The van der Waals surface area contributed by atoms with Gasteiger partial charge in [-0.1, -0.05) is 35.5 Å². The second-order valence-corrected chi connectivity index (χ2v) is 9.62. The van der Waals surface area contributed by atoms with Gasteiger partial charge in [0.15, 0.2) is 6.54 Å². The monoisotopic (exact) mass is 412 g/mol. The van der Waals surface area contributed by atoms with E-state index >= 15 is 0 Å². The molecule has 8 heteroatoms. The SMILES string of the molecule is CN1CCSC1=CC=CC1=[N+](C)CCS1.Cc1ccc(S(=O)(=O)[O-])cc1. The quantitative estimate of drug-likeness (QED) is 0.562. The summed E-state index contributed by atoms with van der Waals surface area (Å²) in [7, 11) is 0.0424. The largest absolute Gasteiger partial charge is 0.744 e. The van der Waals surface area contributed by atoms with Crippen molar-refractivity contribution < 1.29 is 17.5 Å². The van der Waals surface area contributed by atoms with Crippen molar-refractivity contribution in [3.63, 3.8) is 0 Å². The van der Waals surface area contributed by atoms with E-state index in [1.54, 1.807) is 12.1 Å². The van der Waals surface area contributed by atoms with Crippen LogP contribution in [-0.2, 0) is 10.1 Å². The second kappa shape index (κ2) is 9.64. The van der Waals surface area contributed by atoms with Crippen LogP contribution in [0.1, 0.15) is 5.56 Å². The number of thioether (sulfide) groups is 2. The highest BCUT2D eigenvalue weighted by atomic mass is 32.2. The first kappa shape index (κ1) is 21.1. The van der Waals surface area contributed by atoms with Crippen molar-refractivity contribution in [2.24, 2.45) is 0 Å². The highest BCUT2D eigenvalue weighted by Gasteiger charge is 2.16. The van der Waals surface area contributed by atoms with Gasteiger partial charge in [0.05, 0.1) is 15.7 Å². The van der Waals surface area contributed by atoms with Crippen molar-refractivity contribution in [3.05, 3.63) is 53.1 Å². The van der Waals surface area contributed by atoms with Crippen LogP contribution in [0, 0.1) is 6.92 Å². The van der Waals surface area contributed by atoms with Gasteiger partial charge >= 0.3 is 0 Å². The molecule has 0 unspecified atom stereocenters. The summed E-state index contributed by atoms with van der Waals surface area (Å²) in [6.07, 6.45) is 6.61. The van der Waals surface area contributed by atoms with Crippen LogP contribution in [0.15, 0.2) is 52.4 Å². The maximum Gasteiger partial charge on any atom is 0.234 e. The molecule has 0 aliphatic carbocycles. The summed E-state index contributed by atoms with van der Waals surface area (Å²) in [6, 6.07) is 5.78. The van der Waals surface area contributed by atoms with E-state index in [-0.39, 0.29) is 4.90 Å². The maximum absolute atomic E-state index is 10.4. The van der Waals surface area contributed by atoms with Gasteiger partial charge in [-0.15, -0.1) is 11.8 Å². The number of hydrogen-bond acceptors (Lipinski definition) is 6. The van der Waals surface area contributed by atoms with Crippen molar-refractivity contribution in [1.29, 1.82) is 0 Å². The van der Waals surface area contributed by atoms with Gasteiger partial charge < -0.3 is 9.45 Å². The lowest BCUT2D eigenvalue weighted by Crippen LogP contribution is -2.10. The molecule has 26 heavy (non-hydrogen) atoms. The van der Waals surface area contributed by atoms with Crippen LogP contribution in [0.5, 0.6) is 0 Å². The van der Waals surface area contributed by atoms with Gasteiger partial charge in [-0.2, -0.15) is 0 Å².